The molecule has 1 N–H and O–H groups in total. The van der Waals surface area contributed by atoms with Crippen molar-refractivity contribution in [3.05, 3.63) is 21.9 Å². The fourth-order valence-electron chi connectivity index (χ4n) is 1.13. The Hall–Kier alpha value is -1.89. The maximum Gasteiger partial charge on any atom is 0.428 e. The molecule has 0 saturated carbocycles. The number of rotatable bonds is 3. The van der Waals surface area contributed by atoms with E-state index in [0.29, 0.717) is 0 Å². The highest BCUT2D eigenvalue weighted by molar-refractivity contribution is 7.15. The number of hydrogen-bond acceptors (Lipinski definition) is 6. The third kappa shape index (κ3) is 5.00. The highest BCUT2D eigenvalue weighted by Gasteiger charge is 2.16. The topological polar surface area (TPSA) is 77.0 Å². The molecule has 0 fully saturated rings. The molecule has 0 aliphatic rings. The molecule has 1 aromatic heterocycles. The smallest absolute Gasteiger partial charge is 0.428 e. The minimum atomic E-state index is -2.58. The number of hydrazone groups is 1. The molecular formula is C13H18N2O4S. The van der Waals surface area contributed by atoms with Gasteiger partial charge in [-0.05, 0) is 39.8 Å². The number of ether oxygens (including phenoxy) is 2. The Kier molecular flexibility index (Phi) is 3.87. The second-order valence-electron chi connectivity index (χ2n) is 4.73. The van der Waals surface area contributed by atoms with Crippen molar-refractivity contribution in [1.29, 1.82) is 0 Å². The summed E-state index contributed by atoms with van der Waals surface area (Å²) >= 11 is 0.908. The Morgan fingerprint density at radius 1 is 1.35 bits per heavy atom. The molecule has 0 bridgehead atoms. The van der Waals surface area contributed by atoms with Gasteiger partial charge in [-0.2, -0.15) is 5.10 Å². The zero-order valence-corrected chi connectivity index (χ0v) is 12.5. The van der Waals surface area contributed by atoms with Crippen LogP contribution in [0.15, 0.2) is 17.2 Å². The van der Waals surface area contributed by atoms with E-state index in [1.165, 1.54) is 19.2 Å². The lowest BCUT2D eigenvalue weighted by Gasteiger charge is -2.18. The lowest BCUT2D eigenvalue weighted by Crippen LogP contribution is -2.30. The van der Waals surface area contributed by atoms with Gasteiger partial charge in [0.25, 0.3) is 0 Å². The number of esters is 1. The van der Waals surface area contributed by atoms with Gasteiger partial charge in [-0.25, -0.2) is 15.0 Å². The molecule has 0 saturated heterocycles. The first-order valence-corrected chi connectivity index (χ1v) is 6.51. The number of nitrogens with one attached hydrogen (secondary N) is 1. The van der Waals surface area contributed by atoms with Crippen molar-refractivity contribution in [1.82, 2.24) is 5.43 Å². The maximum atomic E-state index is 11.6. The quantitative estimate of drug-likeness (QED) is 0.529. The molecule has 7 heteroatoms. The number of thiophene rings is 1. The summed E-state index contributed by atoms with van der Waals surface area (Å²) < 4.78 is 32.1. The number of amides is 1. The van der Waals surface area contributed by atoms with E-state index >= 15 is 0 Å². The van der Waals surface area contributed by atoms with E-state index in [-0.39, 0.29) is 15.5 Å². The van der Waals surface area contributed by atoms with Crippen LogP contribution >= 0.6 is 11.3 Å². The molecule has 110 valence electrons. The van der Waals surface area contributed by atoms with E-state index in [0.717, 1.165) is 11.3 Å². The molecule has 0 aromatic carbocycles. The predicted molar refractivity (Wildman–Crippen MR) is 77.2 cm³/mol. The molecule has 1 amide bonds. The van der Waals surface area contributed by atoms with Crippen LogP contribution in [0.3, 0.4) is 0 Å². The summed E-state index contributed by atoms with van der Waals surface area (Å²) in [5.41, 5.74) is 0.975. The van der Waals surface area contributed by atoms with E-state index in [4.69, 9.17) is 8.85 Å². The Morgan fingerprint density at radius 3 is 2.55 bits per heavy atom. The molecule has 0 atom stereocenters. The number of methoxy groups -OCH3 is 1. The normalized spacial score (nSPS) is 14.8. The average molecular weight is 301 g/mol. The predicted octanol–water partition coefficient (Wildman–Crippen LogP) is 2.78. The number of carbonyl (C=O) groups excluding carboxylic acids is 2. The highest BCUT2D eigenvalue weighted by Crippen LogP contribution is 2.18. The van der Waals surface area contributed by atoms with Gasteiger partial charge in [-0.1, -0.05) is 0 Å². The van der Waals surface area contributed by atoms with Crippen LogP contribution in [0, 0.1) is 0 Å². The van der Waals surface area contributed by atoms with E-state index in [1.54, 1.807) is 20.8 Å². The van der Waals surface area contributed by atoms with Gasteiger partial charge in [0.2, 0.25) is 0 Å². The van der Waals surface area contributed by atoms with Crippen molar-refractivity contribution in [2.75, 3.05) is 7.11 Å². The molecule has 0 aliphatic heterocycles. The minimum absolute atomic E-state index is 0.224. The number of hydrogen-bond donors (Lipinski definition) is 1. The fraction of sp³-hybridized carbons (Fsp3) is 0.462. The van der Waals surface area contributed by atoms with E-state index in [9.17, 15) is 9.59 Å². The van der Waals surface area contributed by atoms with Crippen LogP contribution in [-0.4, -0.2) is 30.5 Å². The lowest BCUT2D eigenvalue weighted by atomic mass is 10.2. The first-order chi connectivity index (χ1) is 10.4. The molecule has 1 aromatic rings. The van der Waals surface area contributed by atoms with E-state index in [1.807, 2.05) is 0 Å². The second-order valence-corrected chi connectivity index (χ2v) is 5.81. The van der Waals surface area contributed by atoms with Gasteiger partial charge in [-0.3, -0.25) is 0 Å². The van der Waals surface area contributed by atoms with E-state index in [2.05, 4.69) is 15.3 Å². The van der Waals surface area contributed by atoms with Crippen LogP contribution in [0.5, 0.6) is 0 Å². The number of carbonyl (C=O) groups is 2. The lowest BCUT2D eigenvalue weighted by molar-refractivity contribution is 0.0528. The Morgan fingerprint density at radius 2 is 2.00 bits per heavy atom. The molecule has 1 heterocycles. The molecule has 0 spiro atoms. The first-order valence-electron chi connectivity index (χ1n) is 7.20. The third-order valence-corrected chi connectivity index (χ3v) is 2.96. The summed E-state index contributed by atoms with van der Waals surface area (Å²) in [6.07, 6.45) is -0.871. The summed E-state index contributed by atoms with van der Waals surface area (Å²) in [4.78, 5) is 23.5. The zero-order chi connectivity index (χ0) is 17.8. The largest absolute Gasteiger partial charge is 0.465 e. The summed E-state index contributed by atoms with van der Waals surface area (Å²) in [7, 11) is 1.23. The molecular weight excluding hydrogens is 280 g/mol. The standard InChI is InChI=1S/C13H18N2O4S/c1-8(14-15-12(17)19-13(2,3)4)9-6-7-10(20-9)11(16)18-5/h6-7H,1-5H3,(H,15,17)/b14-8+/i1D3. The molecule has 6 nitrogen and oxygen atoms in total. The molecule has 1 rings (SSSR count). The molecule has 0 unspecified atom stereocenters. The maximum absolute atomic E-state index is 11.6. The average Bonchev–Trinajstić information content (AvgIpc) is 2.83. The Balaban J connectivity index is 3.02. The summed E-state index contributed by atoms with van der Waals surface area (Å²) in [6, 6.07) is 2.86. The molecule has 0 radical (unpaired) electrons. The number of nitrogens with zero attached hydrogens (tertiary/aromatic N) is 1. The Labute approximate surface area is 126 Å². The summed E-state index contributed by atoms with van der Waals surface area (Å²) in [5.74, 6) is -0.578. The van der Waals surface area contributed by atoms with Crippen LogP contribution in [0.25, 0.3) is 0 Å². The van der Waals surface area contributed by atoms with Crippen LogP contribution in [-0.2, 0) is 9.47 Å². The van der Waals surface area contributed by atoms with Crippen molar-refractivity contribution in [2.24, 2.45) is 5.10 Å². The van der Waals surface area contributed by atoms with Crippen molar-refractivity contribution < 1.29 is 23.2 Å². The van der Waals surface area contributed by atoms with Crippen LogP contribution in [0.1, 0.15) is 46.3 Å². The van der Waals surface area contributed by atoms with Crippen LogP contribution in [0.2, 0.25) is 0 Å². The van der Waals surface area contributed by atoms with Gasteiger partial charge in [0.1, 0.15) is 10.5 Å². The molecule has 20 heavy (non-hydrogen) atoms. The van der Waals surface area contributed by atoms with E-state index < -0.39 is 24.5 Å². The summed E-state index contributed by atoms with van der Waals surface area (Å²) in [5, 5.41) is 3.64. The van der Waals surface area contributed by atoms with Crippen LogP contribution < -0.4 is 5.43 Å². The van der Waals surface area contributed by atoms with Crippen molar-refractivity contribution in [3.63, 3.8) is 0 Å². The van der Waals surface area contributed by atoms with Gasteiger partial charge in [0, 0.05) is 4.11 Å². The van der Waals surface area contributed by atoms with Gasteiger partial charge in [0.15, 0.2) is 0 Å². The van der Waals surface area contributed by atoms with Gasteiger partial charge < -0.3 is 9.47 Å². The van der Waals surface area contributed by atoms with Gasteiger partial charge >= 0.3 is 12.1 Å². The minimum Gasteiger partial charge on any atom is -0.465 e. The van der Waals surface area contributed by atoms with Gasteiger partial charge in [-0.15, -0.1) is 11.3 Å². The monoisotopic (exact) mass is 301 g/mol. The Bertz CT molecular complexity index is 617. The fourth-order valence-corrected chi connectivity index (χ4v) is 1.95. The zero-order valence-electron chi connectivity index (χ0n) is 14.6. The SMILES string of the molecule is [2H]C([2H])([2H])/C(=N\NC(=O)OC(C)(C)C)c1ccc(C(=O)OC)s1. The third-order valence-electron chi connectivity index (χ3n) is 1.88. The van der Waals surface area contributed by atoms with Crippen LogP contribution in [0.4, 0.5) is 4.79 Å². The van der Waals surface area contributed by atoms with Gasteiger partial charge in [0.05, 0.1) is 17.7 Å². The second kappa shape index (κ2) is 6.51. The van der Waals surface area contributed by atoms with Crippen molar-refractivity contribution >= 4 is 29.1 Å². The molecule has 0 aliphatic carbocycles. The summed E-state index contributed by atoms with van der Waals surface area (Å²) in [6.45, 7) is 2.43. The van der Waals surface area contributed by atoms with Crippen molar-refractivity contribution in [3.8, 4) is 0 Å². The first kappa shape index (κ1) is 11.9. The highest BCUT2D eigenvalue weighted by atomic mass is 32.1. The van der Waals surface area contributed by atoms with Crippen molar-refractivity contribution in [2.45, 2.75) is 33.2 Å².